The van der Waals surface area contributed by atoms with Crippen LogP contribution in [0.25, 0.3) is 11.0 Å². The Balaban J connectivity index is 2.78. The van der Waals surface area contributed by atoms with E-state index in [1.54, 1.807) is 7.11 Å². The van der Waals surface area contributed by atoms with Gasteiger partial charge in [0.15, 0.2) is 4.71 Å². The number of fused-ring (bicyclic) bond motifs is 1. The van der Waals surface area contributed by atoms with Crippen molar-refractivity contribution in [2.75, 3.05) is 7.11 Å². The molecule has 0 atom stereocenters. The number of aryl methyl sites for hydroxylation is 1. The van der Waals surface area contributed by atoms with Crippen molar-refractivity contribution in [2.24, 2.45) is 0 Å². The number of rotatable bonds is 2. The fourth-order valence-electron chi connectivity index (χ4n) is 1.63. The van der Waals surface area contributed by atoms with Crippen LogP contribution in [-0.2, 0) is 6.42 Å². The van der Waals surface area contributed by atoms with Crippen molar-refractivity contribution in [1.82, 2.24) is 0 Å². The maximum Gasteiger partial charge on any atom is 0.191 e. The zero-order chi connectivity index (χ0) is 10.8. The molecule has 2 rings (SSSR count). The summed E-state index contributed by atoms with van der Waals surface area (Å²) in [5.41, 5.74) is 2.00. The molecule has 78 valence electrons. The van der Waals surface area contributed by atoms with Gasteiger partial charge in [-0.15, -0.1) is 0 Å². The molecule has 2 nitrogen and oxygen atoms in total. The van der Waals surface area contributed by atoms with Gasteiger partial charge in [0.25, 0.3) is 0 Å². The zero-order valence-corrected chi connectivity index (χ0v) is 9.56. The Morgan fingerprint density at radius 3 is 2.80 bits per heavy atom. The standard InChI is InChI=1S/C12H12O2S/c1-3-8-6-12(15)14-11-7-9(13-2)4-5-10(8)11/h4-7H,3H2,1-2H3. The van der Waals surface area contributed by atoms with Gasteiger partial charge < -0.3 is 9.15 Å². The number of hydrogen-bond acceptors (Lipinski definition) is 3. The monoisotopic (exact) mass is 220 g/mol. The minimum absolute atomic E-state index is 0.521. The molecule has 0 saturated heterocycles. The molecule has 0 bridgehead atoms. The van der Waals surface area contributed by atoms with Crippen molar-refractivity contribution in [2.45, 2.75) is 13.3 Å². The van der Waals surface area contributed by atoms with Crippen molar-refractivity contribution < 1.29 is 9.15 Å². The van der Waals surface area contributed by atoms with Gasteiger partial charge in [-0.3, -0.25) is 0 Å². The van der Waals surface area contributed by atoms with Crippen LogP contribution in [0.15, 0.2) is 28.7 Å². The maximum absolute atomic E-state index is 5.48. The summed E-state index contributed by atoms with van der Waals surface area (Å²) in [4.78, 5) is 0. The Kier molecular flexibility index (Phi) is 2.73. The summed E-state index contributed by atoms with van der Waals surface area (Å²) in [6.45, 7) is 2.10. The van der Waals surface area contributed by atoms with E-state index in [0.29, 0.717) is 4.71 Å². The highest BCUT2D eigenvalue weighted by atomic mass is 32.1. The summed E-state index contributed by atoms with van der Waals surface area (Å²) in [5, 5.41) is 1.10. The van der Waals surface area contributed by atoms with Crippen molar-refractivity contribution in [3.05, 3.63) is 34.5 Å². The molecular weight excluding hydrogens is 208 g/mol. The van der Waals surface area contributed by atoms with Crippen LogP contribution in [0.5, 0.6) is 5.75 Å². The highest BCUT2D eigenvalue weighted by molar-refractivity contribution is 7.71. The van der Waals surface area contributed by atoms with E-state index in [4.69, 9.17) is 21.4 Å². The first kappa shape index (κ1) is 10.2. The van der Waals surface area contributed by atoms with E-state index < -0.39 is 0 Å². The summed E-state index contributed by atoms with van der Waals surface area (Å²) in [6.07, 6.45) is 0.947. The van der Waals surface area contributed by atoms with Crippen molar-refractivity contribution in [1.29, 1.82) is 0 Å². The smallest absolute Gasteiger partial charge is 0.191 e. The Hall–Kier alpha value is -1.35. The summed E-state index contributed by atoms with van der Waals surface area (Å²) in [7, 11) is 1.64. The molecule has 0 radical (unpaired) electrons. The third-order valence-electron chi connectivity index (χ3n) is 2.42. The largest absolute Gasteiger partial charge is 0.497 e. The number of ether oxygens (including phenoxy) is 1. The van der Waals surface area contributed by atoms with E-state index >= 15 is 0 Å². The fraction of sp³-hybridized carbons (Fsp3) is 0.250. The van der Waals surface area contributed by atoms with Crippen LogP contribution < -0.4 is 4.74 Å². The summed E-state index contributed by atoms with van der Waals surface area (Å²) in [5.74, 6) is 0.786. The summed E-state index contributed by atoms with van der Waals surface area (Å²) < 4.78 is 11.1. The molecule has 0 fully saturated rings. The van der Waals surface area contributed by atoms with Crippen LogP contribution in [-0.4, -0.2) is 7.11 Å². The predicted molar refractivity (Wildman–Crippen MR) is 63.0 cm³/mol. The van der Waals surface area contributed by atoms with Crippen molar-refractivity contribution in [3.63, 3.8) is 0 Å². The summed E-state index contributed by atoms with van der Waals surface area (Å²) >= 11 is 5.07. The van der Waals surface area contributed by atoms with E-state index in [9.17, 15) is 0 Å². The van der Waals surface area contributed by atoms with Crippen LogP contribution in [0.4, 0.5) is 0 Å². The van der Waals surface area contributed by atoms with E-state index in [-0.39, 0.29) is 0 Å². The Morgan fingerprint density at radius 1 is 1.33 bits per heavy atom. The second kappa shape index (κ2) is 4.03. The average molecular weight is 220 g/mol. The van der Waals surface area contributed by atoms with Gasteiger partial charge in [-0.1, -0.05) is 6.92 Å². The van der Waals surface area contributed by atoms with Crippen LogP contribution in [0.1, 0.15) is 12.5 Å². The van der Waals surface area contributed by atoms with Gasteiger partial charge in [0.2, 0.25) is 0 Å². The van der Waals surface area contributed by atoms with Gasteiger partial charge in [-0.2, -0.15) is 0 Å². The maximum atomic E-state index is 5.48. The quantitative estimate of drug-likeness (QED) is 0.720. The van der Waals surface area contributed by atoms with Crippen molar-refractivity contribution in [3.8, 4) is 5.75 Å². The second-order valence-corrected chi connectivity index (χ2v) is 3.71. The first-order chi connectivity index (χ1) is 7.24. The lowest BCUT2D eigenvalue weighted by atomic mass is 10.1. The third-order valence-corrected chi connectivity index (χ3v) is 2.62. The van der Waals surface area contributed by atoms with E-state index in [1.807, 2.05) is 24.3 Å². The lowest BCUT2D eigenvalue weighted by Gasteiger charge is -2.05. The van der Waals surface area contributed by atoms with Gasteiger partial charge in [0.1, 0.15) is 11.3 Å². The molecule has 0 N–H and O–H groups in total. The number of methoxy groups -OCH3 is 1. The van der Waals surface area contributed by atoms with Crippen LogP contribution in [0.2, 0.25) is 0 Å². The van der Waals surface area contributed by atoms with E-state index in [2.05, 4.69) is 6.92 Å². The molecule has 0 aliphatic carbocycles. The summed E-state index contributed by atoms with van der Waals surface area (Å²) in [6, 6.07) is 7.71. The van der Waals surface area contributed by atoms with Gasteiger partial charge in [-0.25, -0.2) is 0 Å². The predicted octanol–water partition coefficient (Wildman–Crippen LogP) is 3.73. The Labute approximate surface area is 93.5 Å². The van der Waals surface area contributed by atoms with E-state index in [1.165, 1.54) is 5.56 Å². The number of benzene rings is 1. The molecule has 0 unspecified atom stereocenters. The van der Waals surface area contributed by atoms with Gasteiger partial charge in [0, 0.05) is 11.5 Å². The molecule has 0 aliphatic heterocycles. The molecule has 1 heterocycles. The number of hydrogen-bond donors (Lipinski definition) is 0. The highest BCUT2D eigenvalue weighted by Gasteiger charge is 2.03. The zero-order valence-electron chi connectivity index (χ0n) is 8.74. The molecule has 15 heavy (non-hydrogen) atoms. The molecule has 0 amide bonds. The Morgan fingerprint density at radius 2 is 2.13 bits per heavy atom. The highest BCUT2D eigenvalue weighted by Crippen LogP contribution is 2.24. The topological polar surface area (TPSA) is 22.4 Å². The minimum atomic E-state index is 0.521. The Bertz CT molecular complexity index is 543. The van der Waals surface area contributed by atoms with Gasteiger partial charge in [0.05, 0.1) is 7.11 Å². The van der Waals surface area contributed by atoms with Crippen LogP contribution in [0.3, 0.4) is 0 Å². The minimum Gasteiger partial charge on any atom is -0.497 e. The third kappa shape index (κ3) is 1.88. The van der Waals surface area contributed by atoms with Crippen LogP contribution in [0, 0.1) is 4.71 Å². The van der Waals surface area contributed by atoms with Gasteiger partial charge >= 0.3 is 0 Å². The molecule has 3 heteroatoms. The van der Waals surface area contributed by atoms with Crippen LogP contribution >= 0.6 is 12.2 Å². The fourth-order valence-corrected chi connectivity index (χ4v) is 1.86. The lowest BCUT2D eigenvalue weighted by Crippen LogP contribution is -1.86. The molecule has 0 aliphatic rings. The first-order valence-electron chi connectivity index (χ1n) is 4.85. The molecular formula is C12H12O2S. The molecule has 1 aromatic heterocycles. The SMILES string of the molecule is CCc1cc(=S)oc2cc(OC)ccc12. The molecule has 0 saturated carbocycles. The molecule has 1 aromatic carbocycles. The molecule has 0 spiro atoms. The molecule has 2 aromatic rings. The average Bonchev–Trinajstić information content (AvgIpc) is 2.26. The van der Waals surface area contributed by atoms with Gasteiger partial charge in [-0.05, 0) is 42.4 Å². The first-order valence-corrected chi connectivity index (χ1v) is 5.26. The second-order valence-electron chi connectivity index (χ2n) is 3.31. The van der Waals surface area contributed by atoms with E-state index in [0.717, 1.165) is 23.1 Å². The van der Waals surface area contributed by atoms with Crippen molar-refractivity contribution >= 4 is 23.2 Å². The normalized spacial score (nSPS) is 10.5. The lowest BCUT2D eigenvalue weighted by molar-refractivity contribution is 0.414.